The molecule has 0 aliphatic carbocycles. The number of alkyl carbamates (subject to hydrolysis) is 1. The van der Waals surface area contributed by atoms with E-state index in [0.717, 1.165) is 12.8 Å². The fourth-order valence-electron chi connectivity index (χ4n) is 3.88. The predicted octanol–water partition coefficient (Wildman–Crippen LogP) is 1.51. The summed E-state index contributed by atoms with van der Waals surface area (Å²) in [6.07, 6.45) is 1.24. The van der Waals surface area contributed by atoms with Crippen molar-refractivity contribution in [3.8, 4) is 0 Å². The molecule has 9 nitrogen and oxygen atoms in total. The Morgan fingerprint density at radius 3 is 2.16 bits per heavy atom. The largest absolute Gasteiger partial charge is 0.444 e. The van der Waals surface area contributed by atoms with Crippen LogP contribution >= 0.6 is 0 Å². The van der Waals surface area contributed by atoms with Crippen molar-refractivity contribution >= 4 is 23.8 Å². The van der Waals surface area contributed by atoms with Crippen molar-refractivity contribution in [3.05, 3.63) is 0 Å². The molecule has 4 amide bonds. The van der Waals surface area contributed by atoms with E-state index in [9.17, 15) is 19.2 Å². The molecule has 1 unspecified atom stereocenters. The van der Waals surface area contributed by atoms with Crippen LogP contribution in [-0.4, -0.2) is 77.5 Å². The summed E-state index contributed by atoms with van der Waals surface area (Å²) in [5, 5.41) is 5.49. The van der Waals surface area contributed by atoms with Gasteiger partial charge in [-0.15, -0.1) is 0 Å². The molecule has 0 spiro atoms. The molecule has 0 saturated carbocycles. The van der Waals surface area contributed by atoms with Gasteiger partial charge in [0, 0.05) is 38.1 Å². The van der Waals surface area contributed by atoms with Gasteiger partial charge in [-0.25, -0.2) is 4.79 Å². The molecule has 0 radical (unpaired) electrons. The molecule has 31 heavy (non-hydrogen) atoms. The second-order valence-corrected chi connectivity index (χ2v) is 10.5. The van der Waals surface area contributed by atoms with E-state index in [2.05, 4.69) is 10.6 Å². The van der Waals surface area contributed by atoms with Crippen molar-refractivity contribution in [1.82, 2.24) is 20.4 Å². The topological polar surface area (TPSA) is 108 Å². The van der Waals surface area contributed by atoms with Crippen LogP contribution in [0.4, 0.5) is 4.79 Å². The first-order valence-electron chi connectivity index (χ1n) is 11.1. The van der Waals surface area contributed by atoms with Gasteiger partial charge in [0.2, 0.25) is 17.7 Å². The first-order valence-corrected chi connectivity index (χ1v) is 11.1. The van der Waals surface area contributed by atoms with E-state index < -0.39 is 11.7 Å². The Kier molecular flexibility index (Phi) is 7.94. The lowest BCUT2D eigenvalue weighted by molar-refractivity contribution is -0.132. The van der Waals surface area contributed by atoms with Crippen LogP contribution < -0.4 is 10.6 Å². The maximum atomic E-state index is 12.5. The van der Waals surface area contributed by atoms with Crippen LogP contribution in [0.15, 0.2) is 0 Å². The fraction of sp³-hybridized carbons (Fsp3) is 0.818. The van der Waals surface area contributed by atoms with Gasteiger partial charge in [-0.2, -0.15) is 0 Å². The molecule has 0 aromatic heterocycles. The van der Waals surface area contributed by atoms with Crippen molar-refractivity contribution in [2.75, 3.05) is 32.7 Å². The lowest BCUT2D eigenvalue weighted by Crippen LogP contribution is -2.46. The number of likely N-dealkylation sites (tertiary alicyclic amines) is 2. The molecule has 0 bridgehead atoms. The van der Waals surface area contributed by atoms with Crippen molar-refractivity contribution in [2.45, 2.75) is 71.9 Å². The van der Waals surface area contributed by atoms with Gasteiger partial charge in [-0.3, -0.25) is 14.4 Å². The summed E-state index contributed by atoms with van der Waals surface area (Å²) in [6, 6.07) is 0. The molecule has 2 saturated heterocycles. The van der Waals surface area contributed by atoms with Crippen molar-refractivity contribution < 1.29 is 23.9 Å². The molecule has 176 valence electrons. The molecule has 2 fully saturated rings. The van der Waals surface area contributed by atoms with E-state index in [4.69, 9.17) is 4.74 Å². The second kappa shape index (κ2) is 9.87. The standard InChI is InChI=1S/C22H38N4O5/c1-21(2,3)26-14-16(11-17(26)27)19(29)23-12-15-7-9-25(10-8-15)18(28)13-24-20(30)31-22(4,5)6/h15-16H,7-14H2,1-6H3,(H,23,29)(H,24,30). The van der Waals surface area contributed by atoms with E-state index in [1.54, 1.807) is 30.6 Å². The summed E-state index contributed by atoms with van der Waals surface area (Å²) in [4.78, 5) is 52.2. The van der Waals surface area contributed by atoms with E-state index in [0.29, 0.717) is 32.1 Å². The molecule has 2 rings (SSSR count). The van der Waals surface area contributed by atoms with E-state index in [1.807, 2.05) is 20.8 Å². The van der Waals surface area contributed by atoms with Gasteiger partial charge in [-0.1, -0.05) is 0 Å². The highest BCUT2D eigenvalue weighted by Crippen LogP contribution is 2.26. The molecule has 0 aromatic carbocycles. The average Bonchev–Trinajstić information content (AvgIpc) is 3.05. The molecule has 0 aromatic rings. The van der Waals surface area contributed by atoms with Crippen molar-refractivity contribution in [2.24, 2.45) is 11.8 Å². The van der Waals surface area contributed by atoms with Crippen LogP contribution in [0.2, 0.25) is 0 Å². The SMILES string of the molecule is CC(C)(C)OC(=O)NCC(=O)N1CCC(CNC(=O)C2CC(=O)N(C(C)(C)C)C2)CC1. The lowest BCUT2D eigenvalue weighted by Gasteiger charge is -2.33. The van der Waals surface area contributed by atoms with Gasteiger partial charge in [0.05, 0.1) is 5.92 Å². The zero-order valence-corrected chi connectivity index (χ0v) is 19.7. The number of rotatable bonds is 5. The third-order valence-corrected chi connectivity index (χ3v) is 5.62. The number of carbonyl (C=O) groups excluding carboxylic acids is 4. The summed E-state index contributed by atoms with van der Waals surface area (Å²) >= 11 is 0. The summed E-state index contributed by atoms with van der Waals surface area (Å²) in [6.45, 7) is 13.3. The summed E-state index contributed by atoms with van der Waals surface area (Å²) in [5.41, 5.74) is -0.878. The van der Waals surface area contributed by atoms with Crippen LogP contribution in [0.25, 0.3) is 0 Å². The monoisotopic (exact) mass is 438 g/mol. The Bertz CT molecular complexity index is 687. The quantitative estimate of drug-likeness (QED) is 0.677. The van der Waals surface area contributed by atoms with Crippen LogP contribution in [0.5, 0.6) is 0 Å². The minimum absolute atomic E-state index is 0.0273. The molecule has 2 heterocycles. The maximum absolute atomic E-state index is 12.5. The number of hydrogen-bond donors (Lipinski definition) is 2. The van der Waals surface area contributed by atoms with Crippen LogP contribution in [-0.2, 0) is 19.1 Å². The molecule has 9 heteroatoms. The number of ether oxygens (including phenoxy) is 1. The first kappa shape index (κ1) is 24.9. The second-order valence-electron chi connectivity index (χ2n) is 10.5. The van der Waals surface area contributed by atoms with Gasteiger partial charge < -0.3 is 25.2 Å². The van der Waals surface area contributed by atoms with Gasteiger partial charge in [0.25, 0.3) is 0 Å². The van der Waals surface area contributed by atoms with Crippen LogP contribution in [0.1, 0.15) is 60.8 Å². The van der Waals surface area contributed by atoms with E-state index >= 15 is 0 Å². The minimum Gasteiger partial charge on any atom is -0.444 e. The summed E-state index contributed by atoms with van der Waals surface area (Å²) in [7, 11) is 0. The molecule has 2 aliphatic heterocycles. The van der Waals surface area contributed by atoms with Gasteiger partial charge >= 0.3 is 6.09 Å². The maximum Gasteiger partial charge on any atom is 0.408 e. The summed E-state index contributed by atoms with van der Waals surface area (Å²) < 4.78 is 5.14. The molecule has 2 N–H and O–H groups in total. The van der Waals surface area contributed by atoms with E-state index in [1.165, 1.54) is 0 Å². The Hall–Kier alpha value is -2.32. The Morgan fingerprint density at radius 2 is 1.65 bits per heavy atom. The number of nitrogens with one attached hydrogen (secondary N) is 2. The number of nitrogens with zero attached hydrogens (tertiary/aromatic N) is 2. The zero-order valence-electron chi connectivity index (χ0n) is 19.7. The van der Waals surface area contributed by atoms with Gasteiger partial charge in [-0.05, 0) is 60.3 Å². The van der Waals surface area contributed by atoms with Gasteiger partial charge in [0.1, 0.15) is 12.1 Å². The normalized spacial score (nSPS) is 20.6. The molecule has 1 atom stereocenters. The average molecular weight is 439 g/mol. The van der Waals surface area contributed by atoms with Gasteiger partial charge in [0.15, 0.2) is 0 Å². The third kappa shape index (κ3) is 7.70. The van der Waals surface area contributed by atoms with Crippen LogP contribution in [0.3, 0.4) is 0 Å². The number of amides is 4. The third-order valence-electron chi connectivity index (χ3n) is 5.62. The first-order chi connectivity index (χ1) is 14.3. The lowest BCUT2D eigenvalue weighted by atomic mass is 9.96. The highest BCUT2D eigenvalue weighted by Gasteiger charge is 2.39. The Balaban J connectivity index is 1.68. The van der Waals surface area contributed by atoms with Crippen molar-refractivity contribution in [1.29, 1.82) is 0 Å². The fourth-order valence-corrected chi connectivity index (χ4v) is 3.88. The highest BCUT2D eigenvalue weighted by atomic mass is 16.6. The van der Waals surface area contributed by atoms with Crippen molar-refractivity contribution in [3.63, 3.8) is 0 Å². The molecular weight excluding hydrogens is 400 g/mol. The number of piperidine rings is 1. The number of carbonyl (C=O) groups is 4. The smallest absolute Gasteiger partial charge is 0.408 e. The van der Waals surface area contributed by atoms with E-state index in [-0.39, 0.29) is 42.1 Å². The summed E-state index contributed by atoms with van der Waals surface area (Å²) in [5.74, 6) is -0.185. The highest BCUT2D eigenvalue weighted by molar-refractivity contribution is 5.89. The Morgan fingerprint density at radius 1 is 1.03 bits per heavy atom. The zero-order chi connectivity index (χ0) is 23.4. The predicted molar refractivity (Wildman–Crippen MR) is 116 cm³/mol. The van der Waals surface area contributed by atoms with Crippen LogP contribution in [0, 0.1) is 11.8 Å². The minimum atomic E-state index is -0.604. The molecular formula is C22H38N4O5. The number of hydrogen-bond acceptors (Lipinski definition) is 5. The molecule has 2 aliphatic rings. The Labute approximate surface area is 185 Å².